The highest BCUT2D eigenvalue weighted by Crippen LogP contribution is 2.32. The van der Waals surface area contributed by atoms with Gasteiger partial charge in [0, 0.05) is 39.3 Å². The van der Waals surface area contributed by atoms with Crippen molar-refractivity contribution in [1.29, 1.82) is 0 Å². The van der Waals surface area contributed by atoms with Crippen molar-refractivity contribution in [1.82, 2.24) is 15.0 Å². The summed E-state index contributed by atoms with van der Waals surface area (Å²) in [6, 6.07) is 13.4. The third-order valence-electron chi connectivity index (χ3n) is 5.26. The topological polar surface area (TPSA) is 70.7 Å². The van der Waals surface area contributed by atoms with Crippen LogP contribution in [0, 0.1) is 5.82 Å². The molecule has 1 amide bonds. The third kappa shape index (κ3) is 3.89. The number of alkyl halides is 3. The summed E-state index contributed by atoms with van der Waals surface area (Å²) in [5.41, 5.74) is 1.33. The van der Waals surface area contributed by atoms with Gasteiger partial charge in [-0.05, 0) is 48.0 Å². The number of hydrogen-bond donors (Lipinski definition) is 2. The minimum absolute atomic E-state index is 0.156. The molecular weight excluding hydrogens is 436 g/mol. The number of nitrogens with one attached hydrogen (secondary N) is 2. The molecular formula is C24H14F4N4O. The van der Waals surface area contributed by atoms with E-state index >= 15 is 0 Å². The Hall–Kier alpha value is -4.27. The lowest BCUT2D eigenvalue weighted by molar-refractivity contribution is -0.137. The third-order valence-corrected chi connectivity index (χ3v) is 5.26. The number of benzene rings is 3. The van der Waals surface area contributed by atoms with Crippen molar-refractivity contribution in [3.8, 4) is 11.1 Å². The van der Waals surface area contributed by atoms with Gasteiger partial charge in [-0.25, -0.2) is 14.4 Å². The quantitative estimate of drug-likeness (QED) is 0.322. The van der Waals surface area contributed by atoms with Crippen LogP contribution < -0.4 is 5.32 Å². The molecule has 3 aromatic carbocycles. The molecule has 0 aliphatic rings. The molecule has 0 saturated heterocycles. The van der Waals surface area contributed by atoms with E-state index in [0.29, 0.717) is 11.2 Å². The molecule has 5 rings (SSSR count). The molecule has 9 heteroatoms. The Kier molecular flexibility index (Phi) is 4.81. The molecule has 5 aromatic rings. The number of fused-ring (bicyclic) bond motifs is 3. The summed E-state index contributed by atoms with van der Waals surface area (Å²) in [4.78, 5) is 23.9. The molecule has 0 fully saturated rings. The van der Waals surface area contributed by atoms with Crippen LogP contribution in [0.1, 0.15) is 15.9 Å². The maximum Gasteiger partial charge on any atom is 0.416 e. The van der Waals surface area contributed by atoms with Crippen LogP contribution in [-0.4, -0.2) is 20.9 Å². The highest BCUT2D eigenvalue weighted by molar-refractivity contribution is 6.07. The number of H-pyrrole nitrogens is 1. The molecule has 0 aliphatic carbocycles. The number of aromatic nitrogens is 3. The fraction of sp³-hybridized carbons (Fsp3) is 0.0417. The lowest BCUT2D eigenvalue weighted by Crippen LogP contribution is -2.14. The van der Waals surface area contributed by atoms with Crippen molar-refractivity contribution in [2.75, 3.05) is 5.32 Å². The summed E-state index contributed by atoms with van der Waals surface area (Å²) >= 11 is 0. The summed E-state index contributed by atoms with van der Waals surface area (Å²) in [5, 5.41) is 4.25. The van der Waals surface area contributed by atoms with E-state index in [9.17, 15) is 22.4 Å². The van der Waals surface area contributed by atoms with Crippen molar-refractivity contribution < 1.29 is 22.4 Å². The SMILES string of the molecule is O=C(Nc1ccc(F)c(-c2ccc3c(c2)[nH]c2ncncc23)c1)c1cccc(C(F)(F)F)c1. The van der Waals surface area contributed by atoms with Crippen molar-refractivity contribution in [3.05, 3.63) is 90.1 Å². The Labute approximate surface area is 184 Å². The maximum atomic E-state index is 14.6. The Morgan fingerprint density at radius 2 is 1.82 bits per heavy atom. The van der Waals surface area contributed by atoms with E-state index < -0.39 is 23.5 Å². The number of carbonyl (C=O) groups excluding carboxylic acids is 1. The summed E-state index contributed by atoms with van der Waals surface area (Å²) < 4.78 is 53.5. The van der Waals surface area contributed by atoms with E-state index in [-0.39, 0.29) is 16.8 Å². The molecule has 2 heterocycles. The van der Waals surface area contributed by atoms with E-state index in [2.05, 4.69) is 20.3 Å². The molecule has 0 atom stereocenters. The minimum atomic E-state index is -4.56. The van der Waals surface area contributed by atoms with E-state index in [1.807, 2.05) is 6.07 Å². The first-order valence-electron chi connectivity index (χ1n) is 9.79. The van der Waals surface area contributed by atoms with Crippen LogP contribution in [-0.2, 0) is 6.18 Å². The maximum absolute atomic E-state index is 14.6. The number of nitrogens with zero attached hydrogens (tertiary/aromatic N) is 2. The number of carbonyl (C=O) groups is 1. The zero-order valence-electron chi connectivity index (χ0n) is 16.7. The average Bonchev–Trinajstić information content (AvgIpc) is 3.17. The normalized spacial score (nSPS) is 11.8. The molecule has 0 radical (unpaired) electrons. The van der Waals surface area contributed by atoms with E-state index in [0.717, 1.165) is 34.5 Å². The summed E-state index contributed by atoms with van der Waals surface area (Å²) in [5.74, 6) is -1.24. The standard InChI is InChI=1S/C24H14F4N4O/c25-20-7-5-16(31-23(33)14-2-1-3-15(8-14)24(26,27)28)10-18(20)13-4-6-17-19-11-29-12-30-22(19)32-21(17)9-13/h1-12H,(H,31,33)(H,29,30,32). The van der Waals surface area contributed by atoms with Crippen LogP contribution in [0.5, 0.6) is 0 Å². The van der Waals surface area contributed by atoms with Gasteiger partial charge in [0.25, 0.3) is 5.91 Å². The van der Waals surface area contributed by atoms with Gasteiger partial charge in [0.2, 0.25) is 0 Å². The predicted molar refractivity (Wildman–Crippen MR) is 116 cm³/mol. The van der Waals surface area contributed by atoms with Gasteiger partial charge in [-0.15, -0.1) is 0 Å². The Balaban J connectivity index is 1.47. The van der Waals surface area contributed by atoms with Gasteiger partial charge in [-0.2, -0.15) is 13.2 Å². The van der Waals surface area contributed by atoms with Gasteiger partial charge < -0.3 is 10.3 Å². The second-order valence-corrected chi connectivity index (χ2v) is 7.40. The van der Waals surface area contributed by atoms with E-state index in [1.54, 1.807) is 18.3 Å². The number of hydrogen-bond acceptors (Lipinski definition) is 3. The first-order valence-corrected chi connectivity index (χ1v) is 9.79. The van der Waals surface area contributed by atoms with Crippen molar-refractivity contribution >= 4 is 33.5 Å². The number of anilines is 1. The number of rotatable bonds is 3. The molecule has 0 saturated carbocycles. The lowest BCUT2D eigenvalue weighted by Gasteiger charge is -2.11. The van der Waals surface area contributed by atoms with Crippen molar-refractivity contribution in [2.45, 2.75) is 6.18 Å². The summed E-state index contributed by atoms with van der Waals surface area (Å²) in [6.45, 7) is 0. The first kappa shape index (κ1) is 20.6. The smallest absolute Gasteiger partial charge is 0.339 e. The monoisotopic (exact) mass is 450 g/mol. The number of aromatic amines is 1. The molecule has 5 nitrogen and oxygen atoms in total. The molecule has 164 valence electrons. The number of halogens is 4. The molecule has 33 heavy (non-hydrogen) atoms. The molecule has 0 unspecified atom stereocenters. The van der Waals surface area contributed by atoms with Gasteiger partial charge in [0.05, 0.1) is 5.56 Å². The highest BCUT2D eigenvalue weighted by Gasteiger charge is 2.30. The van der Waals surface area contributed by atoms with E-state index in [1.165, 1.54) is 30.6 Å². The van der Waals surface area contributed by atoms with Crippen LogP contribution >= 0.6 is 0 Å². The zero-order chi connectivity index (χ0) is 23.2. The second-order valence-electron chi connectivity index (χ2n) is 7.40. The molecule has 2 aromatic heterocycles. The van der Waals surface area contributed by atoms with Gasteiger partial charge in [0.15, 0.2) is 0 Å². The van der Waals surface area contributed by atoms with Crippen LogP contribution in [0.4, 0.5) is 23.2 Å². The van der Waals surface area contributed by atoms with Crippen molar-refractivity contribution in [2.24, 2.45) is 0 Å². The fourth-order valence-corrected chi connectivity index (χ4v) is 3.67. The molecule has 2 N–H and O–H groups in total. The Bertz CT molecular complexity index is 1520. The Morgan fingerprint density at radius 1 is 0.970 bits per heavy atom. The van der Waals surface area contributed by atoms with Crippen LogP contribution in [0.3, 0.4) is 0 Å². The van der Waals surface area contributed by atoms with Gasteiger partial charge in [0.1, 0.15) is 17.8 Å². The summed E-state index contributed by atoms with van der Waals surface area (Å²) in [6.07, 6.45) is -1.45. The predicted octanol–water partition coefficient (Wildman–Crippen LogP) is 6.19. The average molecular weight is 450 g/mol. The summed E-state index contributed by atoms with van der Waals surface area (Å²) in [7, 11) is 0. The lowest BCUT2D eigenvalue weighted by atomic mass is 10.0. The molecule has 0 spiro atoms. The van der Waals surface area contributed by atoms with Crippen molar-refractivity contribution in [3.63, 3.8) is 0 Å². The first-order chi connectivity index (χ1) is 15.8. The van der Waals surface area contributed by atoms with Gasteiger partial charge in [-0.3, -0.25) is 4.79 Å². The van der Waals surface area contributed by atoms with Crippen LogP contribution in [0.2, 0.25) is 0 Å². The largest absolute Gasteiger partial charge is 0.416 e. The fourth-order valence-electron chi connectivity index (χ4n) is 3.67. The zero-order valence-corrected chi connectivity index (χ0v) is 16.7. The second kappa shape index (κ2) is 7.70. The van der Waals surface area contributed by atoms with Gasteiger partial charge >= 0.3 is 6.18 Å². The van der Waals surface area contributed by atoms with E-state index in [4.69, 9.17) is 0 Å². The number of amides is 1. The molecule has 0 aliphatic heterocycles. The van der Waals surface area contributed by atoms with Gasteiger partial charge in [-0.1, -0.05) is 18.2 Å². The minimum Gasteiger partial charge on any atom is -0.339 e. The van der Waals surface area contributed by atoms with Crippen LogP contribution in [0.15, 0.2) is 73.2 Å². The Morgan fingerprint density at radius 3 is 2.64 bits per heavy atom. The van der Waals surface area contributed by atoms with Crippen LogP contribution in [0.25, 0.3) is 33.1 Å². The molecule has 0 bridgehead atoms. The highest BCUT2D eigenvalue weighted by atomic mass is 19.4.